The molecule has 0 aromatic heterocycles. The maximum Gasteiger partial charge on any atom is 0.227 e. The van der Waals surface area contributed by atoms with Crippen molar-refractivity contribution in [3.8, 4) is 0 Å². The number of nitrogens with one attached hydrogen (secondary N) is 2. The second kappa shape index (κ2) is 9.88. The monoisotopic (exact) mass is 383 g/mol. The number of carbonyl (C=O) groups excluding carboxylic acids is 2. The highest BCUT2D eigenvalue weighted by Gasteiger charge is 2.29. The number of nitrogens with zero attached hydrogens (tertiary/aromatic N) is 1. The molecule has 2 amide bonds. The molecule has 1 aliphatic carbocycles. The summed E-state index contributed by atoms with van der Waals surface area (Å²) in [7, 11) is 4.02. The van der Waals surface area contributed by atoms with Gasteiger partial charge in [0.05, 0.1) is 5.02 Å². The third-order valence-corrected chi connectivity index (χ3v) is 5.03. The van der Waals surface area contributed by atoms with Crippen molar-refractivity contribution in [2.75, 3.05) is 32.5 Å². The number of benzene rings is 1. The van der Waals surface area contributed by atoms with E-state index in [1.54, 1.807) is 0 Å². The maximum atomic E-state index is 13.2. The average Bonchev–Trinajstić information content (AvgIpc) is 2.61. The molecule has 0 heterocycles. The van der Waals surface area contributed by atoms with Crippen LogP contribution in [0, 0.1) is 17.7 Å². The average molecular weight is 384 g/mol. The molecule has 0 spiro atoms. The van der Waals surface area contributed by atoms with E-state index in [1.807, 2.05) is 14.1 Å². The van der Waals surface area contributed by atoms with E-state index in [0.29, 0.717) is 37.9 Å². The Bertz CT molecular complexity index is 631. The van der Waals surface area contributed by atoms with Gasteiger partial charge in [-0.05, 0) is 70.9 Å². The van der Waals surface area contributed by atoms with Gasteiger partial charge in [-0.2, -0.15) is 0 Å². The minimum absolute atomic E-state index is 0.0151. The molecular weight excluding hydrogens is 357 g/mol. The lowest BCUT2D eigenvalue weighted by Gasteiger charge is -2.27. The quantitative estimate of drug-likeness (QED) is 0.710. The minimum atomic E-state index is -0.512. The highest BCUT2D eigenvalue weighted by Crippen LogP contribution is 2.30. The predicted octanol–water partition coefficient (Wildman–Crippen LogP) is 3.29. The van der Waals surface area contributed by atoms with Crippen LogP contribution < -0.4 is 10.6 Å². The summed E-state index contributed by atoms with van der Waals surface area (Å²) < 4.78 is 13.2. The molecule has 1 saturated carbocycles. The van der Waals surface area contributed by atoms with Crippen LogP contribution in [-0.4, -0.2) is 43.9 Å². The van der Waals surface area contributed by atoms with E-state index in [-0.39, 0.29) is 28.7 Å². The van der Waals surface area contributed by atoms with Crippen LogP contribution in [0.25, 0.3) is 0 Å². The molecule has 26 heavy (non-hydrogen) atoms. The molecule has 0 atom stereocenters. The van der Waals surface area contributed by atoms with E-state index in [0.717, 1.165) is 13.0 Å². The Morgan fingerprint density at radius 2 is 1.77 bits per heavy atom. The van der Waals surface area contributed by atoms with Crippen molar-refractivity contribution in [2.24, 2.45) is 11.8 Å². The zero-order chi connectivity index (χ0) is 19.1. The van der Waals surface area contributed by atoms with Crippen LogP contribution >= 0.6 is 11.6 Å². The van der Waals surface area contributed by atoms with E-state index < -0.39 is 5.82 Å². The number of carbonyl (C=O) groups is 2. The Hall–Kier alpha value is -1.66. The third kappa shape index (κ3) is 6.25. The van der Waals surface area contributed by atoms with E-state index in [2.05, 4.69) is 15.5 Å². The largest absolute Gasteiger partial charge is 0.356 e. The van der Waals surface area contributed by atoms with Crippen LogP contribution in [0.3, 0.4) is 0 Å². The Balaban J connectivity index is 1.74. The molecule has 5 nitrogen and oxygen atoms in total. The molecule has 0 saturated heterocycles. The zero-order valence-electron chi connectivity index (χ0n) is 15.4. The van der Waals surface area contributed by atoms with Gasteiger partial charge in [-0.15, -0.1) is 0 Å². The molecule has 1 fully saturated rings. The minimum Gasteiger partial charge on any atom is -0.356 e. The topological polar surface area (TPSA) is 61.4 Å². The molecule has 7 heteroatoms. The van der Waals surface area contributed by atoms with Crippen molar-refractivity contribution in [3.63, 3.8) is 0 Å². The summed E-state index contributed by atoms with van der Waals surface area (Å²) in [6.45, 7) is 1.63. The lowest BCUT2D eigenvalue weighted by atomic mass is 9.81. The molecule has 0 radical (unpaired) electrons. The number of rotatable bonds is 7. The lowest BCUT2D eigenvalue weighted by molar-refractivity contribution is -0.128. The fraction of sp³-hybridized carbons (Fsp3) is 0.579. The van der Waals surface area contributed by atoms with E-state index in [4.69, 9.17) is 11.6 Å². The van der Waals surface area contributed by atoms with Gasteiger partial charge >= 0.3 is 0 Å². The van der Waals surface area contributed by atoms with E-state index >= 15 is 0 Å². The van der Waals surface area contributed by atoms with Crippen molar-refractivity contribution in [1.82, 2.24) is 10.2 Å². The third-order valence-electron chi connectivity index (χ3n) is 4.74. The number of amides is 2. The van der Waals surface area contributed by atoms with Gasteiger partial charge < -0.3 is 15.5 Å². The van der Waals surface area contributed by atoms with Crippen molar-refractivity contribution >= 4 is 29.1 Å². The molecule has 1 aliphatic rings. The molecule has 0 aliphatic heterocycles. The SMILES string of the molecule is CN(C)CCCNC(=O)C1CCC(C(=O)Nc2ccc(F)c(Cl)c2)CC1. The second-order valence-corrected chi connectivity index (χ2v) is 7.52. The van der Waals surface area contributed by atoms with Crippen LogP contribution in [0.15, 0.2) is 18.2 Å². The summed E-state index contributed by atoms with van der Waals surface area (Å²) >= 11 is 5.73. The molecule has 144 valence electrons. The fourth-order valence-electron chi connectivity index (χ4n) is 3.19. The van der Waals surface area contributed by atoms with Crippen LogP contribution in [0.4, 0.5) is 10.1 Å². The van der Waals surface area contributed by atoms with Crippen LogP contribution in [-0.2, 0) is 9.59 Å². The number of hydrogen-bond donors (Lipinski definition) is 2. The van der Waals surface area contributed by atoms with Gasteiger partial charge in [0.1, 0.15) is 5.82 Å². The Labute approximate surface area is 159 Å². The summed E-state index contributed by atoms with van der Waals surface area (Å²) in [4.78, 5) is 26.7. The number of hydrogen-bond acceptors (Lipinski definition) is 3. The Morgan fingerprint density at radius 1 is 1.15 bits per heavy atom. The lowest BCUT2D eigenvalue weighted by Crippen LogP contribution is -2.36. The van der Waals surface area contributed by atoms with Gasteiger partial charge in [-0.3, -0.25) is 9.59 Å². The van der Waals surface area contributed by atoms with Crippen molar-refractivity contribution in [2.45, 2.75) is 32.1 Å². The van der Waals surface area contributed by atoms with Crippen LogP contribution in [0.2, 0.25) is 5.02 Å². The number of halogens is 2. The summed E-state index contributed by atoms with van der Waals surface area (Å²) in [6, 6.07) is 4.13. The van der Waals surface area contributed by atoms with Gasteiger partial charge in [0.25, 0.3) is 0 Å². The standard InChI is InChI=1S/C19H27ClFN3O2/c1-24(2)11-3-10-22-18(25)13-4-6-14(7-5-13)19(26)23-15-8-9-17(21)16(20)12-15/h8-9,12-14H,3-7,10-11H2,1-2H3,(H,22,25)(H,23,26). The predicted molar refractivity (Wildman–Crippen MR) is 102 cm³/mol. The normalized spacial score (nSPS) is 20.0. The molecule has 2 N–H and O–H groups in total. The van der Waals surface area contributed by atoms with Gasteiger partial charge in [-0.25, -0.2) is 4.39 Å². The first-order valence-corrected chi connectivity index (χ1v) is 9.43. The van der Waals surface area contributed by atoms with Gasteiger partial charge in [0, 0.05) is 24.1 Å². The first-order valence-electron chi connectivity index (χ1n) is 9.05. The van der Waals surface area contributed by atoms with Gasteiger partial charge in [-0.1, -0.05) is 11.6 Å². The van der Waals surface area contributed by atoms with Crippen molar-refractivity contribution in [3.05, 3.63) is 29.0 Å². The van der Waals surface area contributed by atoms with E-state index in [9.17, 15) is 14.0 Å². The molecule has 2 rings (SSSR count). The van der Waals surface area contributed by atoms with Crippen molar-refractivity contribution in [1.29, 1.82) is 0 Å². The van der Waals surface area contributed by atoms with Gasteiger partial charge in [0.15, 0.2) is 0 Å². The summed E-state index contributed by atoms with van der Waals surface area (Å²) in [6.07, 6.45) is 3.70. The Morgan fingerprint density at radius 3 is 2.35 bits per heavy atom. The summed E-state index contributed by atoms with van der Waals surface area (Å²) in [5, 5.41) is 5.75. The smallest absolute Gasteiger partial charge is 0.227 e. The fourth-order valence-corrected chi connectivity index (χ4v) is 3.37. The van der Waals surface area contributed by atoms with Gasteiger partial charge in [0.2, 0.25) is 11.8 Å². The number of anilines is 1. The van der Waals surface area contributed by atoms with Crippen LogP contribution in [0.5, 0.6) is 0 Å². The molecule has 0 unspecified atom stereocenters. The van der Waals surface area contributed by atoms with Crippen LogP contribution in [0.1, 0.15) is 32.1 Å². The summed E-state index contributed by atoms with van der Waals surface area (Å²) in [5.74, 6) is -0.664. The maximum absolute atomic E-state index is 13.2. The van der Waals surface area contributed by atoms with Crippen molar-refractivity contribution < 1.29 is 14.0 Å². The Kier molecular flexibility index (Phi) is 7.85. The molecular formula is C19H27ClFN3O2. The highest BCUT2D eigenvalue weighted by atomic mass is 35.5. The summed E-state index contributed by atoms with van der Waals surface area (Å²) in [5.41, 5.74) is 0.488. The molecule has 0 bridgehead atoms. The first kappa shape index (κ1) is 20.6. The second-order valence-electron chi connectivity index (χ2n) is 7.11. The molecule has 1 aromatic carbocycles. The molecule has 1 aromatic rings. The highest BCUT2D eigenvalue weighted by molar-refractivity contribution is 6.31. The van der Waals surface area contributed by atoms with E-state index in [1.165, 1.54) is 18.2 Å². The first-order chi connectivity index (χ1) is 12.4. The zero-order valence-corrected chi connectivity index (χ0v) is 16.1.